The van der Waals surface area contributed by atoms with Crippen LogP contribution < -0.4 is 0 Å². The lowest BCUT2D eigenvalue weighted by atomic mass is 9.95. The average Bonchev–Trinajstić information content (AvgIpc) is 1.97. The zero-order chi connectivity index (χ0) is 12.8. The lowest BCUT2D eigenvalue weighted by Gasteiger charge is -2.50. The van der Waals surface area contributed by atoms with Crippen LogP contribution in [-0.2, 0) is 4.74 Å². The standard InChI is InChI=1S/C11H20F3NO/c1-8(2)15-6-9(3,4)16-10(5,7-15)11(12,13)14/h8H,6-7H2,1-5H3. The van der Waals surface area contributed by atoms with E-state index < -0.39 is 17.4 Å². The zero-order valence-corrected chi connectivity index (χ0v) is 10.5. The van der Waals surface area contributed by atoms with Gasteiger partial charge in [-0.05, 0) is 34.6 Å². The van der Waals surface area contributed by atoms with E-state index in [0.29, 0.717) is 6.54 Å². The summed E-state index contributed by atoms with van der Waals surface area (Å²) in [7, 11) is 0. The van der Waals surface area contributed by atoms with Gasteiger partial charge in [0.25, 0.3) is 0 Å². The number of alkyl halides is 3. The Morgan fingerprint density at radius 1 is 1.12 bits per heavy atom. The van der Waals surface area contributed by atoms with Crippen molar-refractivity contribution in [2.24, 2.45) is 0 Å². The molecule has 1 unspecified atom stereocenters. The molecule has 1 atom stereocenters. The van der Waals surface area contributed by atoms with Crippen LogP contribution in [0.15, 0.2) is 0 Å². The summed E-state index contributed by atoms with van der Waals surface area (Å²) in [5.74, 6) is 0. The van der Waals surface area contributed by atoms with E-state index in [-0.39, 0.29) is 12.6 Å². The lowest BCUT2D eigenvalue weighted by Crippen LogP contribution is -2.65. The third-order valence-electron chi connectivity index (χ3n) is 2.92. The Kier molecular flexibility index (Phi) is 3.34. The quantitative estimate of drug-likeness (QED) is 0.697. The summed E-state index contributed by atoms with van der Waals surface area (Å²) in [4.78, 5) is 1.82. The van der Waals surface area contributed by atoms with Gasteiger partial charge < -0.3 is 4.74 Å². The maximum absolute atomic E-state index is 13.0. The number of rotatable bonds is 1. The Labute approximate surface area is 94.8 Å². The van der Waals surface area contributed by atoms with Crippen molar-refractivity contribution < 1.29 is 17.9 Å². The first-order valence-electron chi connectivity index (χ1n) is 5.48. The molecule has 0 aromatic heterocycles. The van der Waals surface area contributed by atoms with Gasteiger partial charge in [0, 0.05) is 19.1 Å². The summed E-state index contributed by atoms with van der Waals surface area (Å²) < 4.78 is 44.1. The molecule has 16 heavy (non-hydrogen) atoms. The summed E-state index contributed by atoms with van der Waals surface area (Å²) in [6.07, 6.45) is -4.34. The second-order valence-electron chi connectivity index (χ2n) is 5.59. The van der Waals surface area contributed by atoms with Crippen molar-refractivity contribution in [3.8, 4) is 0 Å². The third-order valence-corrected chi connectivity index (χ3v) is 2.92. The largest absolute Gasteiger partial charge is 0.418 e. The van der Waals surface area contributed by atoms with Crippen LogP contribution >= 0.6 is 0 Å². The number of hydrogen-bond donors (Lipinski definition) is 0. The van der Waals surface area contributed by atoms with E-state index in [1.54, 1.807) is 13.8 Å². The molecule has 0 bridgehead atoms. The maximum Gasteiger partial charge on any atom is 0.418 e. The van der Waals surface area contributed by atoms with Crippen molar-refractivity contribution in [2.45, 2.75) is 58.0 Å². The molecular formula is C11H20F3NO. The van der Waals surface area contributed by atoms with Gasteiger partial charge in [-0.25, -0.2) is 0 Å². The van der Waals surface area contributed by atoms with Gasteiger partial charge in [-0.15, -0.1) is 0 Å². The molecule has 1 aliphatic rings. The molecule has 1 rings (SSSR count). The summed E-state index contributed by atoms with van der Waals surface area (Å²) >= 11 is 0. The fourth-order valence-corrected chi connectivity index (χ4v) is 2.12. The molecule has 2 nitrogen and oxygen atoms in total. The molecule has 0 radical (unpaired) electrons. The highest BCUT2D eigenvalue weighted by Gasteiger charge is 2.58. The van der Waals surface area contributed by atoms with E-state index in [1.807, 2.05) is 18.7 Å². The van der Waals surface area contributed by atoms with Crippen LogP contribution in [0.2, 0.25) is 0 Å². The first-order chi connectivity index (χ1) is 6.97. The molecule has 0 spiro atoms. The molecule has 0 aliphatic carbocycles. The predicted molar refractivity (Wildman–Crippen MR) is 56.3 cm³/mol. The van der Waals surface area contributed by atoms with Crippen molar-refractivity contribution in [2.75, 3.05) is 13.1 Å². The fourth-order valence-electron chi connectivity index (χ4n) is 2.12. The van der Waals surface area contributed by atoms with Crippen LogP contribution in [-0.4, -0.2) is 41.4 Å². The molecule has 1 fully saturated rings. The Morgan fingerprint density at radius 3 is 2.00 bits per heavy atom. The van der Waals surface area contributed by atoms with E-state index in [9.17, 15) is 13.2 Å². The molecule has 1 aliphatic heterocycles. The van der Waals surface area contributed by atoms with Gasteiger partial charge in [0.2, 0.25) is 0 Å². The minimum absolute atomic E-state index is 0.0878. The molecule has 0 amide bonds. The van der Waals surface area contributed by atoms with E-state index >= 15 is 0 Å². The van der Waals surface area contributed by atoms with Crippen molar-refractivity contribution in [3.63, 3.8) is 0 Å². The van der Waals surface area contributed by atoms with E-state index in [0.717, 1.165) is 6.92 Å². The topological polar surface area (TPSA) is 12.5 Å². The van der Waals surface area contributed by atoms with Crippen LogP contribution in [0.4, 0.5) is 13.2 Å². The van der Waals surface area contributed by atoms with Gasteiger partial charge in [-0.3, -0.25) is 4.90 Å². The second-order valence-corrected chi connectivity index (χ2v) is 5.59. The van der Waals surface area contributed by atoms with Gasteiger partial charge in [-0.1, -0.05) is 0 Å². The Morgan fingerprint density at radius 2 is 1.62 bits per heavy atom. The van der Waals surface area contributed by atoms with Crippen LogP contribution in [0, 0.1) is 0 Å². The monoisotopic (exact) mass is 239 g/mol. The van der Waals surface area contributed by atoms with Crippen molar-refractivity contribution >= 4 is 0 Å². The molecule has 1 heterocycles. The average molecular weight is 239 g/mol. The van der Waals surface area contributed by atoms with Crippen LogP contribution in [0.5, 0.6) is 0 Å². The van der Waals surface area contributed by atoms with Gasteiger partial charge in [0.1, 0.15) is 0 Å². The van der Waals surface area contributed by atoms with Crippen LogP contribution in [0.3, 0.4) is 0 Å². The molecule has 0 aromatic carbocycles. The van der Waals surface area contributed by atoms with Crippen molar-refractivity contribution in [1.82, 2.24) is 4.90 Å². The lowest BCUT2D eigenvalue weighted by molar-refractivity contribution is -0.324. The van der Waals surface area contributed by atoms with Crippen LogP contribution in [0.1, 0.15) is 34.6 Å². The molecule has 0 N–H and O–H groups in total. The summed E-state index contributed by atoms with van der Waals surface area (Å²) in [6, 6.07) is 0.0878. The number of nitrogens with zero attached hydrogens (tertiary/aromatic N) is 1. The molecule has 0 saturated carbocycles. The highest BCUT2D eigenvalue weighted by Crippen LogP contribution is 2.40. The third kappa shape index (κ3) is 2.69. The Bertz CT molecular complexity index is 262. The normalized spacial score (nSPS) is 32.1. The second kappa shape index (κ2) is 3.88. The number of ether oxygens (including phenoxy) is 1. The van der Waals surface area contributed by atoms with Gasteiger partial charge >= 0.3 is 6.18 Å². The zero-order valence-electron chi connectivity index (χ0n) is 10.5. The smallest absolute Gasteiger partial charge is 0.357 e. The maximum atomic E-state index is 13.0. The number of morpholine rings is 1. The van der Waals surface area contributed by atoms with Gasteiger partial charge in [0.15, 0.2) is 5.60 Å². The first kappa shape index (κ1) is 13.8. The molecule has 5 heteroatoms. The summed E-state index contributed by atoms with van der Waals surface area (Å²) in [6.45, 7) is 8.75. The Balaban J connectivity index is 2.97. The van der Waals surface area contributed by atoms with E-state index in [2.05, 4.69) is 0 Å². The van der Waals surface area contributed by atoms with E-state index in [1.165, 1.54) is 0 Å². The van der Waals surface area contributed by atoms with Crippen LogP contribution in [0.25, 0.3) is 0 Å². The fraction of sp³-hybridized carbons (Fsp3) is 1.00. The summed E-state index contributed by atoms with van der Waals surface area (Å²) in [5.41, 5.74) is -2.84. The van der Waals surface area contributed by atoms with Gasteiger partial charge in [0.05, 0.1) is 5.60 Å². The highest BCUT2D eigenvalue weighted by molar-refractivity contribution is 4.97. The predicted octanol–water partition coefficient (Wildman–Crippen LogP) is 2.83. The first-order valence-corrected chi connectivity index (χ1v) is 5.48. The molecule has 0 aromatic rings. The molecule has 96 valence electrons. The number of hydrogen-bond acceptors (Lipinski definition) is 2. The van der Waals surface area contributed by atoms with Crippen molar-refractivity contribution in [1.29, 1.82) is 0 Å². The number of halogens is 3. The minimum atomic E-state index is -4.34. The SMILES string of the molecule is CC(C)N1CC(C)(C)OC(C)(C(F)(F)F)C1. The van der Waals surface area contributed by atoms with Gasteiger partial charge in [-0.2, -0.15) is 13.2 Å². The van der Waals surface area contributed by atoms with E-state index in [4.69, 9.17) is 4.74 Å². The minimum Gasteiger partial charge on any atom is -0.357 e. The Hall–Kier alpha value is -0.290. The molecular weight excluding hydrogens is 219 g/mol. The van der Waals surface area contributed by atoms with Crippen molar-refractivity contribution in [3.05, 3.63) is 0 Å². The highest BCUT2D eigenvalue weighted by atomic mass is 19.4. The molecule has 1 saturated heterocycles. The summed E-state index contributed by atoms with van der Waals surface area (Å²) in [5, 5.41) is 0.